The first-order chi connectivity index (χ1) is 8.89. The van der Waals surface area contributed by atoms with Gasteiger partial charge >= 0.3 is 6.09 Å². The maximum atomic E-state index is 11.9. The molecular weight excluding hydrogens is 238 g/mol. The first kappa shape index (κ1) is 13.7. The van der Waals surface area contributed by atoms with E-state index in [-0.39, 0.29) is 17.6 Å². The van der Waals surface area contributed by atoms with Crippen LogP contribution in [0.3, 0.4) is 0 Å². The second-order valence-electron chi connectivity index (χ2n) is 6.04. The quantitative estimate of drug-likeness (QED) is 0.805. The van der Waals surface area contributed by atoms with Crippen molar-refractivity contribution in [2.24, 2.45) is 5.41 Å². The summed E-state index contributed by atoms with van der Waals surface area (Å²) in [6, 6.07) is 10.1. The Kier molecular flexibility index (Phi) is 3.65. The zero-order valence-corrected chi connectivity index (χ0v) is 12.0. The van der Waals surface area contributed by atoms with Gasteiger partial charge in [0, 0.05) is 6.20 Å². The van der Waals surface area contributed by atoms with Crippen LogP contribution in [0, 0.1) is 5.41 Å². The van der Waals surface area contributed by atoms with Crippen LogP contribution in [0.25, 0.3) is 5.57 Å². The molecule has 0 bridgehead atoms. The lowest BCUT2D eigenvalue weighted by molar-refractivity contribution is 0.166. The predicted octanol–water partition coefficient (Wildman–Crippen LogP) is 3.91. The SMILES string of the molecule is C/C(=C/N1C(=O)OC[C@@H]1C(C)(C)C)c1ccccc1. The number of carbonyl (C=O) groups is 1. The van der Waals surface area contributed by atoms with E-state index in [0.29, 0.717) is 6.61 Å². The fourth-order valence-electron chi connectivity index (χ4n) is 2.23. The summed E-state index contributed by atoms with van der Waals surface area (Å²) in [6.45, 7) is 8.84. The van der Waals surface area contributed by atoms with E-state index in [2.05, 4.69) is 20.8 Å². The number of carbonyl (C=O) groups excluding carboxylic acids is 1. The molecule has 0 aliphatic carbocycles. The first-order valence-corrected chi connectivity index (χ1v) is 6.58. The molecule has 0 spiro atoms. The minimum Gasteiger partial charge on any atom is -0.447 e. The van der Waals surface area contributed by atoms with Crippen molar-refractivity contribution in [3.63, 3.8) is 0 Å². The summed E-state index contributed by atoms with van der Waals surface area (Å²) in [5.41, 5.74) is 2.18. The summed E-state index contributed by atoms with van der Waals surface area (Å²) in [5, 5.41) is 0. The molecule has 1 aliphatic rings. The first-order valence-electron chi connectivity index (χ1n) is 6.58. The third-order valence-corrected chi connectivity index (χ3v) is 3.47. The fraction of sp³-hybridized carbons (Fsp3) is 0.438. The van der Waals surface area contributed by atoms with Gasteiger partial charge in [0.25, 0.3) is 0 Å². The van der Waals surface area contributed by atoms with Crippen LogP contribution in [-0.2, 0) is 4.74 Å². The maximum absolute atomic E-state index is 11.9. The standard InChI is InChI=1S/C16H21NO2/c1-12(13-8-6-5-7-9-13)10-17-14(16(2,3)4)11-19-15(17)18/h5-10,14H,11H2,1-4H3/b12-10-/t14-/m1/s1. The Morgan fingerprint density at radius 1 is 1.32 bits per heavy atom. The molecule has 0 saturated carbocycles. The molecule has 0 aromatic heterocycles. The number of cyclic esters (lactones) is 1. The lowest BCUT2D eigenvalue weighted by atomic mass is 9.87. The Labute approximate surface area is 114 Å². The second kappa shape index (κ2) is 5.08. The van der Waals surface area contributed by atoms with Crippen molar-refractivity contribution in [2.75, 3.05) is 6.61 Å². The van der Waals surface area contributed by atoms with Crippen LogP contribution >= 0.6 is 0 Å². The molecule has 1 atom stereocenters. The van der Waals surface area contributed by atoms with E-state index in [9.17, 15) is 4.79 Å². The normalized spacial score (nSPS) is 20.6. The lowest BCUT2D eigenvalue weighted by Gasteiger charge is -2.30. The Morgan fingerprint density at radius 2 is 1.95 bits per heavy atom. The minimum absolute atomic E-state index is 0.000369. The summed E-state index contributed by atoms with van der Waals surface area (Å²) in [6.07, 6.45) is 1.65. The maximum Gasteiger partial charge on any atom is 0.414 e. The highest BCUT2D eigenvalue weighted by molar-refractivity contribution is 5.75. The highest BCUT2D eigenvalue weighted by Gasteiger charge is 2.39. The average Bonchev–Trinajstić information content (AvgIpc) is 2.72. The van der Waals surface area contributed by atoms with Crippen LogP contribution in [-0.4, -0.2) is 23.6 Å². The highest BCUT2D eigenvalue weighted by Crippen LogP contribution is 2.30. The molecule has 0 N–H and O–H groups in total. The number of hydrogen-bond acceptors (Lipinski definition) is 2. The van der Waals surface area contributed by atoms with Crippen molar-refractivity contribution >= 4 is 11.7 Å². The van der Waals surface area contributed by atoms with E-state index in [1.54, 1.807) is 4.90 Å². The largest absolute Gasteiger partial charge is 0.447 e. The zero-order chi connectivity index (χ0) is 14.0. The molecule has 1 heterocycles. The molecule has 0 unspecified atom stereocenters. The topological polar surface area (TPSA) is 29.5 Å². The number of allylic oxidation sites excluding steroid dienone is 1. The summed E-state index contributed by atoms with van der Waals surface area (Å²) < 4.78 is 5.18. The van der Waals surface area contributed by atoms with Gasteiger partial charge < -0.3 is 4.74 Å². The number of rotatable bonds is 2. The number of ether oxygens (including phenoxy) is 1. The van der Waals surface area contributed by atoms with Crippen molar-refractivity contribution in [2.45, 2.75) is 33.7 Å². The van der Waals surface area contributed by atoms with Gasteiger partial charge in [-0.15, -0.1) is 0 Å². The number of nitrogens with zero attached hydrogens (tertiary/aromatic N) is 1. The smallest absolute Gasteiger partial charge is 0.414 e. The van der Waals surface area contributed by atoms with E-state index in [1.807, 2.05) is 43.5 Å². The monoisotopic (exact) mass is 259 g/mol. The van der Waals surface area contributed by atoms with Gasteiger partial charge in [-0.2, -0.15) is 0 Å². The summed E-state index contributed by atoms with van der Waals surface area (Å²) in [4.78, 5) is 13.6. The molecule has 1 fully saturated rings. The van der Waals surface area contributed by atoms with Crippen molar-refractivity contribution in [3.8, 4) is 0 Å². The van der Waals surface area contributed by atoms with Crippen molar-refractivity contribution in [1.82, 2.24) is 4.90 Å². The molecule has 2 rings (SSSR count). The number of benzene rings is 1. The Morgan fingerprint density at radius 3 is 2.53 bits per heavy atom. The molecule has 1 aliphatic heterocycles. The Hall–Kier alpha value is -1.77. The predicted molar refractivity (Wildman–Crippen MR) is 76.5 cm³/mol. The van der Waals surface area contributed by atoms with Gasteiger partial charge in [0.2, 0.25) is 0 Å². The highest BCUT2D eigenvalue weighted by atomic mass is 16.6. The fourth-order valence-corrected chi connectivity index (χ4v) is 2.23. The van der Waals surface area contributed by atoms with Crippen LogP contribution in [0.4, 0.5) is 4.79 Å². The van der Waals surface area contributed by atoms with E-state index in [0.717, 1.165) is 11.1 Å². The molecule has 1 amide bonds. The molecule has 102 valence electrons. The molecule has 1 aromatic rings. The van der Waals surface area contributed by atoms with Crippen LogP contribution < -0.4 is 0 Å². The zero-order valence-electron chi connectivity index (χ0n) is 12.0. The van der Waals surface area contributed by atoms with E-state index in [4.69, 9.17) is 4.74 Å². The van der Waals surface area contributed by atoms with Gasteiger partial charge in [0.1, 0.15) is 6.61 Å². The van der Waals surface area contributed by atoms with Crippen LogP contribution in [0.15, 0.2) is 36.5 Å². The molecule has 1 saturated heterocycles. The molecule has 1 aromatic carbocycles. The summed E-state index contributed by atoms with van der Waals surface area (Å²) >= 11 is 0. The summed E-state index contributed by atoms with van der Waals surface area (Å²) in [7, 11) is 0. The second-order valence-corrected chi connectivity index (χ2v) is 6.04. The third-order valence-electron chi connectivity index (χ3n) is 3.47. The van der Waals surface area contributed by atoms with Crippen molar-refractivity contribution in [3.05, 3.63) is 42.1 Å². The van der Waals surface area contributed by atoms with Crippen molar-refractivity contribution < 1.29 is 9.53 Å². The van der Waals surface area contributed by atoms with E-state index >= 15 is 0 Å². The minimum atomic E-state index is -0.254. The Balaban J connectivity index is 2.27. The van der Waals surface area contributed by atoms with Crippen LogP contribution in [0.2, 0.25) is 0 Å². The lowest BCUT2D eigenvalue weighted by Crippen LogP contribution is -2.39. The molecule has 0 radical (unpaired) electrons. The van der Waals surface area contributed by atoms with Crippen LogP contribution in [0.1, 0.15) is 33.3 Å². The number of amides is 1. The molecule has 19 heavy (non-hydrogen) atoms. The third kappa shape index (κ3) is 2.98. The van der Waals surface area contributed by atoms with Gasteiger partial charge in [-0.25, -0.2) is 4.79 Å². The van der Waals surface area contributed by atoms with Gasteiger partial charge in [0.15, 0.2) is 0 Å². The molecular formula is C16H21NO2. The molecule has 3 nitrogen and oxygen atoms in total. The molecule has 3 heteroatoms. The number of hydrogen-bond donors (Lipinski definition) is 0. The average molecular weight is 259 g/mol. The van der Waals surface area contributed by atoms with Gasteiger partial charge in [-0.1, -0.05) is 51.1 Å². The van der Waals surface area contributed by atoms with Gasteiger partial charge in [-0.3, -0.25) is 4.90 Å². The van der Waals surface area contributed by atoms with Gasteiger partial charge in [-0.05, 0) is 23.5 Å². The van der Waals surface area contributed by atoms with E-state index < -0.39 is 0 Å². The van der Waals surface area contributed by atoms with Gasteiger partial charge in [0.05, 0.1) is 6.04 Å². The van der Waals surface area contributed by atoms with Crippen LogP contribution in [0.5, 0.6) is 0 Å². The Bertz CT molecular complexity index is 485. The van der Waals surface area contributed by atoms with E-state index in [1.165, 1.54) is 0 Å². The summed E-state index contributed by atoms with van der Waals surface area (Å²) in [5.74, 6) is 0. The van der Waals surface area contributed by atoms with Crippen molar-refractivity contribution in [1.29, 1.82) is 0 Å².